The zero-order valence-corrected chi connectivity index (χ0v) is 16.0. The zero-order valence-electron chi connectivity index (χ0n) is 16.0. The van der Waals surface area contributed by atoms with Crippen LogP contribution in [-0.4, -0.2) is 31.1 Å². The Morgan fingerprint density at radius 2 is 1.97 bits per heavy atom. The number of ether oxygens (including phenoxy) is 1. The fraction of sp³-hybridized carbons (Fsp3) is 0.0952. The van der Waals surface area contributed by atoms with Gasteiger partial charge in [-0.05, 0) is 47.2 Å². The van der Waals surface area contributed by atoms with Gasteiger partial charge in [0, 0.05) is 17.8 Å². The fourth-order valence-corrected chi connectivity index (χ4v) is 2.77. The molecular formula is C21H17FN6O2. The van der Waals surface area contributed by atoms with E-state index in [1.165, 1.54) is 41.2 Å². The summed E-state index contributed by atoms with van der Waals surface area (Å²) in [6.45, 7) is 2.04. The van der Waals surface area contributed by atoms with Gasteiger partial charge in [0.05, 0.1) is 11.4 Å². The van der Waals surface area contributed by atoms with Crippen LogP contribution in [0, 0.1) is 12.7 Å². The van der Waals surface area contributed by atoms with Gasteiger partial charge in [-0.1, -0.05) is 30.3 Å². The Morgan fingerprint density at radius 1 is 1.13 bits per heavy atom. The molecule has 150 valence electrons. The molecule has 0 bridgehead atoms. The van der Waals surface area contributed by atoms with Gasteiger partial charge in [0.2, 0.25) is 5.88 Å². The maximum Gasteiger partial charge on any atom is 0.255 e. The van der Waals surface area contributed by atoms with Gasteiger partial charge in [0.25, 0.3) is 5.91 Å². The number of amides is 1. The van der Waals surface area contributed by atoms with Crippen LogP contribution >= 0.6 is 0 Å². The molecule has 9 heteroatoms. The van der Waals surface area contributed by atoms with Crippen molar-refractivity contribution in [2.24, 2.45) is 0 Å². The molecular weight excluding hydrogens is 387 g/mol. The van der Waals surface area contributed by atoms with Crippen molar-refractivity contribution in [3.63, 3.8) is 0 Å². The Hall–Kier alpha value is -4.14. The Balaban J connectivity index is 1.49. The van der Waals surface area contributed by atoms with Gasteiger partial charge in [-0.2, -0.15) is 4.68 Å². The van der Waals surface area contributed by atoms with Crippen LogP contribution < -0.4 is 10.1 Å². The first-order chi connectivity index (χ1) is 14.6. The number of aryl methyl sites for hydroxylation is 1. The molecule has 0 aliphatic carbocycles. The highest BCUT2D eigenvalue weighted by Gasteiger charge is 2.13. The lowest BCUT2D eigenvalue weighted by atomic mass is 10.2. The van der Waals surface area contributed by atoms with Crippen LogP contribution in [-0.2, 0) is 6.61 Å². The van der Waals surface area contributed by atoms with Gasteiger partial charge >= 0.3 is 0 Å². The number of pyridine rings is 1. The Kier molecular flexibility index (Phi) is 5.42. The molecule has 0 aliphatic heterocycles. The van der Waals surface area contributed by atoms with Crippen LogP contribution in [0.3, 0.4) is 0 Å². The monoisotopic (exact) mass is 404 g/mol. The number of hydrogen-bond donors (Lipinski definition) is 1. The van der Waals surface area contributed by atoms with E-state index in [2.05, 4.69) is 25.8 Å². The molecule has 0 radical (unpaired) electrons. The molecule has 30 heavy (non-hydrogen) atoms. The van der Waals surface area contributed by atoms with Gasteiger partial charge in [-0.15, -0.1) is 5.10 Å². The van der Waals surface area contributed by atoms with Gasteiger partial charge in [0.15, 0.2) is 5.82 Å². The summed E-state index contributed by atoms with van der Waals surface area (Å²) in [5.41, 5.74) is 1.80. The number of anilines is 1. The SMILES string of the molecule is Cc1nnnn1-c1ccc(F)c(NC(=O)c2ccnc(OCc3ccccc3)c2)c1. The topological polar surface area (TPSA) is 94.8 Å². The minimum absolute atomic E-state index is 0.0102. The first-order valence-corrected chi connectivity index (χ1v) is 9.09. The molecule has 8 nitrogen and oxygen atoms in total. The van der Waals surface area contributed by atoms with E-state index in [0.717, 1.165) is 5.56 Å². The smallest absolute Gasteiger partial charge is 0.255 e. The van der Waals surface area contributed by atoms with E-state index in [4.69, 9.17) is 4.74 Å². The zero-order chi connectivity index (χ0) is 20.9. The van der Waals surface area contributed by atoms with Crippen molar-refractivity contribution < 1.29 is 13.9 Å². The predicted octanol–water partition coefficient (Wildman–Crippen LogP) is 3.34. The van der Waals surface area contributed by atoms with E-state index in [9.17, 15) is 9.18 Å². The molecule has 0 unspecified atom stereocenters. The number of carbonyl (C=O) groups is 1. The number of hydrogen-bond acceptors (Lipinski definition) is 6. The quantitative estimate of drug-likeness (QED) is 0.530. The second-order valence-electron chi connectivity index (χ2n) is 6.41. The molecule has 1 N–H and O–H groups in total. The normalized spacial score (nSPS) is 10.6. The minimum atomic E-state index is -0.576. The summed E-state index contributed by atoms with van der Waals surface area (Å²) >= 11 is 0. The maximum atomic E-state index is 14.3. The van der Waals surface area contributed by atoms with Crippen LogP contribution in [0.1, 0.15) is 21.7 Å². The largest absolute Gasteiger partial charge is 0.473 e. The summed E-state index contributed by atoms with van der Waals surface area (Å²) in [6.07, 6.45) is 1.46. The number of carbonyl (C=O) groups excluding carboxylic acids is 1. The lowest BCUT2D eigenvalue weighted by Crippen LogP contribution is -2.14. The number of tetrazole rings is 1. The van der Waals surface area contributed by atoms with Crippen molar-refractivity contribution in [1.82, 2.24) is 25.2 Å². The van der Waals surface area contributed by atoms with Crippen LogP contribution in [0.5, 0.6) is 5.88 Å². The highest BCUT2D eigenvalue weighted by Crippen LogP contribution is 2.20. The molecule has 1 amide bonds. The first-order valence-electron chi connectivity index (χ1n) is 9.09. The third kappa shape index (κ3) is 4.30. The van der Waals surface area contributed by atoms with Crippen LogP contribution in [0.25, 0.3) is 5.69 Å². The van der Waals surface area contributed by atoms with Gasteiger partial charge in [-0.25, -0.2) is 9.37 Å². The summed E-state index contributed by atoms with van der Waals surface area (Å²) < 4.78 is 21.4. The first kappa shape index (κ1) is 19.2. The van der Waals surface area contributed by atoms with Crippen LogP contribution in [0.4, 0.5) is 10.1 Å². The molecule has 0 spiro atoms. The molecule has 4 aromatic rings. The molecule has 0 aliphatic rings. The van der Waals surface area contributed by atoms with E-state index >= 15 is 0 Å². The van der Waals surface area contributed by atoms with Crippen molar-refractivity contribution in [2.45, 2.75) is 13.5 Å². The summed E-state index contributed by atoms with van der Waals surface area (Å²) in [7, 11) is 0. The maximum absolute atomic E-state index is 14.3. The standard InChI is InChI=1S/C21H17FN6O2/c1-14-25-26-27-28(14)17-7-8-18(22)19(12-17)24-21(29)16-9-10-23-20(11-16)30-13-15-5-3-2-4-6-15/h2-12H,13H2,1H3,(H,24,29). The Bertz CT molecular complexity index is 1180. The number of benzene rings is 2. The van der Waals surface area contributed by atoms with Crippen LogP contribution in [0.2, 0.25) is 0 Å². The summed E-state index contributed by atoms with van der Waals surface area (Å²) in [5, 5.41) is 13.8. The molecule has 2 aromatic carbocycles. The molecule has 0 saturated heterocycles. The highest BCUT2D eigenvalue weighted by atomic mass is 19.1. The third-order valence-electron chi connectivity index (χ3n) is 4.29. The minimum Gasteiger partial charge on any atom is -0.473 e. The second-order valence-corrected chi connectivity index (χ2v) is 6.41. The summed E-state index contributed by atoms with van der Waals surface area (Å²) in [4.78, 5) is 16.8. The van der Waals surface area contributed by atoms with E-state index in [1.54, 1.807) is 6.92 Å². The number of nitrogens with zero attached hydrogens (tertiary/aromatic N) is 5. The van der Waals surface area contributed by atoms with Crippen molar-refractivity contribution in [1.29, 1.82) is 0 Å². The van der Waals surface area contributed by atoms with E-state index in [-0.39, 0.29) is 11.3 Å². The summed E-state index contributed by atoms with van der Waals surface area (Å²) in [6, 6.07) is 16.9. The van der Waals surface area contributed by atoms with Gasteiger partial charge < -0.3 is 10.1 Å². The van der Waals surface area contributed by atoms with Crippen molar-refractivity contribution in [3.8, 4) is 11.6 Å². The third-order valence-corrected chi connectivity index (χ3v) is 4.29. The summed E-state index contributed by atoms with van der Waals surface area (Å²) in [5.74, 6) is -0.239. The van der Waals surface area contributed by atoms with Gasteiger partial charge in [-0.3, -0.25) is 4.79 Å². The number of nitrogens with one attached hydrogen (secondary N) is 1. The lowest BCUT2D eigenvalue weighted by molar-refractivity contribution is 0.102. The predicted molar refractivity (Wildman–Crippen MR) is 107 cm³/mol. The van der Waals surface area contributed by atoms with E-state index in [1.807, 2.05) is 30.3 Å². The van der Waals surface area contributed by atoms with Gasteiger partial charge in [0.1, 0.15) is 12.4 Å². The highest BCUT2D eigenvalue weighted by molar-refractivity contribution is 6.04. The molecule has 2 heterocycles. The van der Waals surface area contributed by atoms with Crippen molar-refractivity contribution >= 4 is 11.6 Å². The average molecular weight is 404 g/mol. The molecule has 0 atom stereocenters. The van der Waals surface area contributed by atoms with Crippen molar-refractivity contribution in [2.75, 3.05) is 5.32 Å². The number of halogens is 1. The fourth-order valence-electron chi connectivity index (χ4n) is 2.77. The lowest BCUT2D eigenvalue weighted by Gasteiger charge is -2.10. The number of rotatable bonds is 6. The Morgan fingerprint density at radius 3 is 2.73 bits per heavy atom. The molecule has 4 rings (SSSR count). The van der Waals surface area contributed by atoms with Crippen LogP contribution in [0.15, 0.2) is 66.9 Å². The molecule has 0 fully saturated rings. The van der Waals surface area contributed by atoms with E-state index in [0.29, 0.717) is 24.0 Å². The Labute approximate surface area is 171 Å². The molecule has 0 saturated carbocycles. The number of aromatic nitrogens is 5. The average Bonchev–Trinajstić information content (AvgIpc) is 3.20. The molecule has 2 aromatic heterocycles. The van der Waals surface area contributed by atoms with Crippen molar-refractivity contribution in [3.05, 3.63) is 89.6 Å². The second kappa shape index (κ2) is 8.48. The van der Waals surface area contributed by atoms with E-state index < -0.39 is 11.7 Å².